The van der Waals surface area contributed by atoms with Gasteiger partial charge in [0.15, 0.2) is 5.65 Å². The highest BCUT2D eigenvalue weighted by atomic mass is 16.3. The van der Waals surface area contributed by atoms with Crippen LogP contribution in [0.1, 0.15) is 18.9 Å². The Hall–Kier alpha value is -2.16. The molecule has 1 aliphatic heterocycles. The molecule has 0 unspecified atom stereocenters. The van der Waals surface area contributed by atoms with Crippen molar-refractivity contribution in [1.29, 1.82) is 0 Å². The Balaban J connectivity index is 1.95. The van der Waals surface area contributed by atoms with E-state index in [1.165, 1.54) is 0 Å². The van der Waals surface area contributed by atoms with E-state index in [1.807, 2.05) is 13.1 Å². The molecular formula is C18H26N6O2. The van der Waals surface area contributed by atoms with Crippen LogP contribution in [0.3, 0.4) is 0 Å². The van der Waals surface area contributed by atoms with Crippen molar-refractivity contribution in [3.8, 4) is 0 Å². The van der Waals surface area contributed by atoms with Crippen LogP contribution in [0, 0.1) is 5.92 Å². The Morgan fingerprint density at radius 1 is 1.38 bits per heavy atom. The molecule has 1 aliphatic rings. The summed E-state index contributed by atoms with van der Waals surface area (Å²) >= 11 is 0. The van der Waals surface area contributed by atoms with Crippen LogP contribution in [-0.2, 0) is 10.3 Å². The molecule has 8 heteroatoms. The maximum absolute atomic E-state index is 12.7. The van der Waals surface area contributed by atoms with E-state index < -0.39 is 5.54 Å². The van der Waals surface area contributed by atoms with Crippen LogP contribution < -0.4 is 10.6 Å². The summed E-state index contributed by atoms with van der Waals surface area (Å²) in [5.74, 6) is 0.324. The van der Waals surface area contributed by atoms with E-state index in [0.29, 0.717) is 24.7 Å². The summed E-state index contributed by atoms with van der Waals surface area (Å²) in [4.78, 5) is 27.6. The normalized spacial score (nSPS) is 23.3. The van der Waals surface area contributed by atoms with Crippen LogP contribution in [0.5, 0.6) is 0 Å². The molecule has 3 heterocycles. The number of aliphatic hydroxyl groups excluding tert-OH is 1. The SMILES string of the molecule is C[C@@H]1CNC[C@](NC(=O)CN(C)CCO)(c2ccnc3nccnc23)C1. The van der Waals surface area contributed by atoms with Crippen molar-refractivity contribution in [2.24, 2.45) is 5.92 Å². The van der Waals surface area contributed by atoms with Gasteiger partial charge >= 0.3 is 0 Å². The Morgan fingerprint density at radius 3 is 2.92 bits per heavy atom. The molecule has 1 saturated heterocycles. The van der Waals surface area contributed by atoms with Gasteiger partial charge in [-0.05, 0) is 32.0 Å². The summed E-state index contributed by atoms with van der Waals surface area (Å²) in [7, 11) is 1.82. The molecule has 8 nitrogen and oxygen atoms in total. The van der Waals surface area contributed by atoms with Gasteiger partial charge < -0.3 is 15.7 Å². The van der Waals surface area contributed by atoms with Crippen molar-refractivity contribution >= 4 is 17.1 Å². The number of pyridine rings is 1. The minimum absolute atomic E-state index is 0.0259. The van der Waals surface area contributed by atoms with E-state index in [4.69, 9.17) is 5.11 Å². The number of aromatic nitrogens is 3. The Kier molecular flexibility index (Phi) is 5.75. The molecule has 26 heavy (non-hydrogen) atoms. The van der Waals surface area contributed by atoms with E-state index in [2.05, 4.69) is 32.5 Å². The molecule has 0 radical (unpaired) electrons. The van der Waals surface area contributed by atoms with Gasteiger partial charge in [0, 0.05) is 37.2 Å². The number of carbonyl (C=O) groups is 1. The molecule has 2 atom stereocenters. The van der Waals surface area contributed by atoms with Crippen LogP contribution in [0.15, 0.2) is 24.7 Å². The van der Waals surface area contributed by atoms with E-state index >= 15 is 0 Å². The van der Waals surface area contributed by atoms with Crippen LogP contribution in [0.2, 0.25) is 0 Å². The fraction of sp³-hybridized carbons (Fsp3) is 0.556. The van der Waals surface area contributed by atoms with Crippen molar-refractivity contribution in [3.63, 3.8) is 0 Å². The van der Waals surface area contributed by atoms with Crippen LogP contribution in [0.25, 0.3) is 11.2 Å². The Labute approximate surface area is 153 Å². The number of amides is 1. The summed E-state index contributed by atoms with van der Waals surface area (Å²) in [6, 6.07) is 1.93. The van der Waals surface area contributed by atoms with E-state index in [9.17, 15) is 4.79 Å². The highest BCUT2D eigenvalue weighted by molar-refractivity contribution is 5.81. The molecule has 1 fully saturated rings. The summed E-state index contributed by atoms with van der Waals surface area (Å²) < 4.78 is 0. The van der Waals surface area contributed by atoms with Crippen molar-refractivity contribution < 1.29 is 9.90 Å². The van der Waals surface area contributed by atoms with Crippen molar-refractivity contribution in [2.45, 2.75) is 18.9 Å². The van der Waals surface area contributed by atoms with Crippen LogP contribution >= 0.6 is 0 Å². The number of likely N-dealkylation sites (N-methyl/N-ethyl adjacent to an activating group) is 1. The fourth-order valence-electron chi connectivity index (χ4n) is 3.70. The first kappa shape index (κ1) is 18.6. The maximum atomic E-state index is 12.7. The Bertz CT molecular complexity index is 765. The molecule has 3 rings (SSSR count). The molecule has 0 saturated carbocycles. The standard InChI is InChI=1S/C18H26N6O2/c1-13-9-18(12-19-10-13,23-15(26)11-24(2)7-8-25)14-3-4-21-17-16(14)20-5-6-22-17/h3-6,13,19,25H,7-12H2,1-2H3,(H,23,26)/t13-,18-/m0/s1. The number of fused-ring (bicyclic) bond motifs is 1. The van der Waals surface area contributed by atoms with Gasteiger partial charge in [0.05, 0.1) is 18.7 Å². The lowest BCUT2D eigenvalue weighted by atomic mass is 9.78. The molecule has 0 bridgehead atoms. The summed E-state index contributed by atoms with van der Waals surface area (Å²) in [6.07, 6.45) is 5.80. The number of piperidine rings is 1. The average molecular weight is 358 g/mol. The van der Waals surface area contributed by atoms with Crippen LogP contribution in [-0.4, -0.2) is 70.7 Å². The molecule has 1 amide bonds. The van der Waals surface area contributed by atoms with E-state index in [1.54, 1.807) is 23.5 Å². The third-order valence-corrected chi connectivity index (χ3v) is 4.78. The maximum Gasteiger partial charge on any atom is 0.234 e. The minimum atomic E-state index is -0.563. The lowest BCUT2D eigenvalue weighted by Crippen LogP contribution is -2.58. The topological polar surface area (TPSA) is 103 Å². The zero-order valence-electron chi connectivity index (χ0n) is 15.3. The van der Waals surface area contributed by atoms with E-state index in [0.717, 1.165) is 24.0 Å². The van der Waals surface area contributed by atoms with Crippen molar-refractivity contribution in [1.82, 2.24) is 30.5 Å². The Morgan fingerprint density at radius 2 is 2.15 bits per heavy atom. The summed E-state index contributed by atoms with van der Waals surface area (Å²) in [5.41, 5.74) is 1.67. The lowest BCUT2D eigenvalue weighted by molar-refractivity contribution is -0.124. The molecule has 0 spiro atoms. The summed E-state index contributed by atoms with van der Waals surface area (Å²) in [6.45, 7) is 4.42. The first-order valence-corrected chi connectivity index (χ1v) is 8.91. The van der Waals surface area contributed by atoms with Gasteiger partial charge in [-0.3, -0.25) is 14.7 Å². The number of rotatable bonds is 6. The minimum Gasteiger partial charge on any atom is -0.395 e. The smallest absolute Gasteiger partial charge is 0.234 e. The highest BCUT2D eigenvalue weighted by Crippen LogP contribution is 2.33. The van der Waals surface area contributed by atoms with Crippen molar-refractivity contribution in [2.75, 3.05) is 39.8 Å². The first-order chi connectivity index (χ1) is 12.5. The monoisotopic (exact) mass is 358 g/mol. The van der Waals surface area contributed by atoms with Crippen molar-refractivity contribution in [3.05, 3.63) is 30.2 Å². The number of aliphatic hydroxyl groups is 1. The molecule has 0 aromatic carbocycles. The number of hydrogen-bond acceptors (Lipinski definition) is 7. The quantitative estimate of drug-likeness (QED) is 0.662. The highest BCUT2D eigenvalue weighted by Gasteiger charge is 2.39. The second-order valence-corrected chi connectivity index (χ2v) is 7.12. The zero-order valence-corrected chi connectivity index (χ0v) is 15.3. The summed E-state index contributed by atoms with van der Waals surface area (Å²) in [5, 5.41) is 15.7. The third kappa shape index (κ3) is 3.98. The van der Waals surface area contributed by atoms with Gasteiger partial charge in [0.2, 0.25) is 5.91 Å². The van der Waals surface area contributed by atoms with Gasteiger partial charge in [-0.25, -0.2) is 9.97 Å². The fourth-order valence-corrected chi connectivity index (χ4v) is 3.70. The molecule has 3 N–H and O–H groups in total. The van der Waals surface area contributed by atoms with Gasteiger partial charge in [0.1, 0.15) is 5.52 Å². The van der Waals surface area contributed by atoms with Gasteiger partial charge in [0.25, 0.3) is 0 Å². The molecule has 140 valence electrons. The van der Waals surface area contributed by atoms with E-state index in [-0.39, 0.29) is 19.1 Å². The van der Waals surface area contributed by atoms with Gasteiger partial charge in [-0.1, -0.05) is 6.92 Å². The lowest BCUT2D eigenvalue weighted by Gasteiger charge is -2.42. The predicted molar refractivity (Wildman–Crippen MR) is 98.4 cm³/mol. The largest absolute Gasteiger partial charge is 0.395 e. The average Bonchev–Trinajstić information content (AvgIpc) is 2.61. The number of nitrogens with zero attached hydrogens (tertiary/aromatic N) is 4. The number of hydrogen-bond donors (Lipinski definition) is 3. The molecule has 0 aliphatic carbocycles. The third-order valence-electron chi connectivity index (χ3n) is 4.78. The second-order valence-electron chi connectivity index (χ2n) is 7.12. The molecule has 2 aromatic heterocycles. The number of carbonyl (C=O) groups excluding carboxylic acids is 1. The van der Waals surface area contributed by atoms with Gasteiger partial charge in [-0.2, -0.15) is 0 Å². The molecular weight excluding hydrogens is 332 g/mol. The van der Waals surface area contributed by atoms with Crippen LogP contribution in [0.4, 0.5) is 0 Å². The predicted octanol–water partition coefficient (Wildman–Crippen LogP) is -0.110. The molecule has 2 aromatic rings. The second kappa shape index (κ2) is 8.03. The van der Waals surface area contributed by atoms with Gasteiger partial charge in [-0.15, -0.1) is 0 Å². The number of nitrogens with one attached hydrogen (secondary N) is 2. The first-order valence-electron chi connectivity index (χ1n) is 8.91. The zero-order chi connectivity index (χ0) is 18.6.